The number of ether oxygens (including phenoxy) is 2. The highest BCUT2D eigenvalue weighted by Gasteiger charge is 2.22. The molecule has 2 N–H and O–H groups in total. The fraction of sp³-hybridized carbons (Fsp3) is 0.625. The molecule has 19 heavy (non-hydrogen) atoms. The third kappa shape index (κ3) is 4.84. The first-order valence-electron chi connectivity index (χ1n) is 7.26. The van der Waals surface area contributed by atoms with Crippen LogP contribution in [-0.2, 0) is 11.2 Å². The molecule has 0 amide bonds. The Morgan fingerprint density at radius 2 is 2.05 bits per heavy atom. The number of hydrogen-bond donors (Lipinski definition) is 1. The average Bonchev–Trinajstić information content (AvgIpc) is 2.81. The maximum Gasteiger partial charge on any atom is 0.119 e. The number of rotatable bonds is 6. The second-order valence-corrected chi connectivity index (χ2v) is 5.62. The van der Waals surface area contributed by atoms with Crippen LogP contribution in [0.5, 0.6) is 5.75 Å². The van der Waals surface area contributed by atoms with Crippen molar-refractivity contribution in [2.45, 2.75) is 57.8 Å². The average molecular weight is 263 g/mol. The largest absolute Gasteiger partial charge is 0.491 e. The molecule has 1 aromatic rings. The third-order valence-corrected chi connectivity index (χ3v) is 3.57. The van der Waals surface area contributed by atoms with E-state index in [0.29, 0.717) is 12.7 Å². The molecule has 3 atom stereocenters. The van der Waals surface area contributed by atoms with Gasteiger partial charge in [-0.3, -0.25) is 0 Å². The van der Waals surface area contributed by atoms with E-state index in [-0.39, 0.29) is 12.1 Å². The lowest BCUT2D eigenvalue weighted by atomic mass is 10.1. The lowest BCUT2D eigenvalue weighted by Crippen LogP contribution is -2.17. The Balaban J connectivity index is 1.75. The van der Waals surface area contributed by atoms with E-state index in [4.69, 9.17) is 15.2 Å². The molecule has 1 heterocycles. The predicted molar refractivity (Wildman–Crippen MR) is 77.5 cm³/mol. The van der Waals surface area contributed by atoms with Gasteiger partial charge in [0.1, 0.15) is 12.4 Å². The number of aryl methyl sites for hydroxylation is 1. The molecular formula is C16H25NO2. The smallest absolute Gasteiger partial charge is 0.119 e. The summed E-state index contributed by atoms with van der Waals surface area (Å²) >= 11 is 0. The van der Waals surface area contributed by atoms with E-state index in [0.717, 1.165) is 31.4 Å². The minimum absolute atomic E-state index is 0.257. The monoisotopic (exact) mass is 263 g/mol. The second-order valence-electron chi connectivity index (χ2n) is 5.62. The second kappa shape index (κ2) is 6.92. The normalized spacial score (nSPS) is 24.4. The summed E-state index contributed by atoms with van der Waals surface area (Å²) in [6.45, 7) is 4.82. The molecule has 2 rings (SSSR count). The molecule has 1 saturated heterocycles. The van der Waals surface area contributed by atoms with Gasteiger partial charge >= 0.3 is 0 Å². The molecular weight excluding hydrogens is 238 g/mol. The minimum Gasteiger partial charge on any atom is -0.491 e. The molecule has 0 radical (unpaired) electrons. The maximum atomic E-state index is 5.77. The highest BCUT2D eigenvalue weighted by molar-refractivity contribution is 5.27. The van der Waals surface area contributed by atoms with Crippen LogP contribution in [-0.4, -0.2) is 24.9 Å². The van der Waals surface area contributed by atoms with Crippen LogP contribution in [0.15, 0.2) is 24.3 Å². The summed E-state index contributed by atoms with van der Waals surface area (Å²) in [4.78, 5) is 0. The van der Waals surface area contributed by atoms with E-state index in [1.165, 1.54) is 5.56 Å². The zero-order chi connectivity index (χ0) is 13.7. The molecule has 3 unspecified atom stereocenters. The summed E-state index contributed by atoms with van der Waals surface area (Å²) in [5.74, 6) is 0.924. The molecule has 0 aliphatic carbocycles. The van der Waals surface area contributed by atoms with Crippen molar-refractivity contribution < 1.29 is 9.47 Å². The fourth-order valence-electron chi connectivity index (χ4n) is 2.34. The van der Waals surface area contributed by atoms with Crippen LogP contribution in [0.1, 0.15) is 38.7 Å². The van der Waals surface area contributed by atoms with E-state index in [2.05, 4.69) is 19.1 Å². The minimum atomic E-state index is 0.257. The standard InChI is InChI=1S/C16H25NO2/c1-12(17)3-5-14-6-9-15(10-7-14)18-11-16-8-4-13(2)19-16/h6-7,9-10,12-13,16H,3-5,8,11,17H2,1-2H3. The van der Waals surface area contributed by atoms with Crippen molar-refractivity contribution in [3.8, 4) is 5.75 Å². The first-order chi connectivity index (χ1) is 9.13. The van der Waals surface area contributed by atoms with Crippen molar-refractivity contribution in [1.82, 2.24) is 0 Å². The van der Waals surface area contributed by atoms with Crippen LogP contribution in [0, 0.1) is 0 Å². The summed E-state index contributed by atoms with van der Waals surface area (Å²) in [6, 6.07) is 8.58. The Bertz CT molecular complexity index is 375. The van der Waals surface area contributed by atoms with Gasteiger partial charge in [-0.25, -0.2) is 0 Å². The molecule has 0 saturated carbocycles. The fourth-order valence-corrected chi connectivity index (χ4v) is 2.34. The maximum absolute atomic E-state index is 5.77. The van der Waals surface area contributed by atoms with Gasteiger partial charge in [-0.1, -0.05) is 12.1 Å². The summed E-state index contributed by atoms with van der Waals surface area (Å²) in [7, 11) is 0. The van der Waals surface area contributed by atoms with Crippen LogP contribution in [0.25, 0.3) is 0 Å². The molecule has 1 fully saturated rings. The lowest BCUT2D eigenvalue weighted by Gasteiger charge is -2.13. The van der Waals surface area contributed by atoms with Crippen molar-refractivity contribution in [3.05, 3.63) is 29.8 Å². The molecule has 0 aromatic heterocycles. The highest BCUT2D eigenvalue weighted by atomic mass is 16.5. The van der Waals surface area contributed by atoms with Crippen molar-refractivity contribution in [2.75, 3.05) is 6.61 Å². The van der Waals surface area contributed by atoms with Gasteiger partial charge < -0.3 is 15.2 Å². The number of nitrogens with two attached hydrogens (primary N) is 1. The Morgan fingerprint density at radius 3 is 2.63 bits per heavy atom. The van der Waals surface area contributed by atoms with Crippen LogP contribution < -0.4 is 10.5 Å². The Morgan fingerprint density at radius 1 is 1.32 bits per heavy atom. The van der Waals surface area contributed by atoms with Crippen LogP contribution in [0.3, 0.4) is 0 Å². The van der Waals surface area contributed by atoms with Gasteiger partial charge in [0.15, 0.2) is 0 Å². The van der Waals surface area contributed by atoms with Crippen LogP contribution >= 0.6 is 0 Å². The molecule has 0 spiro atoms. The van der Waals surface area contributed by atoms with E-state index >= 15 is 0 Å². The molecule has 0 bridgehead atoms. The molecule has 106 valence electrons. The highest BCUT2D eigenvalue weighted by Crippen LogP contribution is 2.21. The molecule has 1 aromatic carbocycles. The first kappa shape index (κ1) is 14.4. The van der Waals surface area contributed by atoms with Crippen LogP contribution in [0.4, 0.5) is 0 Å². The molecule has 1 aliphatic rings. The topological polar surface area (TPSA) is 44.5 Å². The van der Waals surface area contributed by atoms with Gasteiger partial charge in [0.05, 0.1) is 12.2 Å². The van der Waals surface area contributed by atoms with Gasteiger partial charge in [-0.2, -0.15) is 0 Å². The summed E-state index contributed by atoms with van der Waals surface area (Å²) in [5, 5.41) is 0. The van der Waals surface area contributed by atoms with Gasteiger partial charge in [0, 0.05) is 6.04 Å². The number of hydrogen-bond acceptors (Lipinski definition) is 3. The summed E-state index contributed by atoms with van der Waals surface area (Å²) < 4.78 is 11.5. The van der Waals surface area contributed by atoms with E-state index < -0.39 is 0 Å². The lowest BCUT2D eigenvalue weighted by molar-refractivity contribution is 0.0264. The molecule has 1 aliphatic heterocycles. The van der Waals surface area contributed by atoms with Crippen molar-refractivity contribution in [1.29, 1.82) is 0 Å². The predicted octanol–water partition coefficient (Wildman–Crippen LogP) is 2.91. The molecule has 3 heteroatoms. The Labute approximate surface area is 116 Å². The SMILES string of the molecule is CC(N)CCc1ccc(OCC2CCC(C)O2)cc1. The first-order valence-corrected chi connectivity index (χ1v) is 7.26. The summed E-state index contributed by atoms with van der Waals surface area (Å²) in [5.41, 5.74) is 7.08. The van der Waals surface area contributed by atoms with E-state index in [1.807, 2.05) is 19.1 Å². The van der Waals surface area contributed by atoms with Gasteiger partial charge in [0.2, 0.25) is 0 Å². The van der Waals surface area contributed by atoms with Crippen molar-refractivity contribution in [2.24, 2.45) is 5.73 Å². The van der Waals surface area contributed by atoms with Crippen molar-refractivity contribution >= 4 is 0 Å². The van der Waals surface area contributed by atoms with Gasteiger partial charge in [-0.05, 0) is 57.2 Å². The van der Waals surface area contributed by atoms with Crippen LogP contribution in [0.2, 0.25) is 0 Å². The van der Waals surface area contributed by atoms with E-state index in [1.54, 1.807) is 0 Å². The molecule has 3 nitrogen and oxygen atoms in total. The third-order valence-electron chi connectivity index (χ3n) is 3.57. The Kier molecular flexibility index (Phi) is 5.23. The number of benzene rings is 1. The summed E-state index contributed by atoms with van der Waals surface area (Å²) in [6.07, 6.45) is 4.94. The van der Waals surface area contributed by atoms with Gasteiger partial charge in [-0.15, -0.1) is 0 Å². The zero-order valence-corrected chi connectivity index (χ0v) is 12.0. The zero-order valence-electron chi connectivity index (χ0n) is 12.0. The Hall–Kier alpha value is -1.06. The van der Waals surface area contributed by atoms with Gasteiger partial charge in [0.25, 0.3) is 0 Å². The quantitative estimate of drug-likeness (QED) is 0.858. The van der Waals surface area contributed by atoms with E-state index in [9.17, 15) is 0 Å². The van der Waals surface area contributed by atoms with Crippen molar-refractivity contribution in [3.63, 3.8) is 0 Å².